The minimum Gasteiger partial charge on any atom is -0.508 e. The number of likely N-dealkylation sites (N-methyl/N-ethyl adjacent to an activating group) is 1. The minimum absolute atomic E-state index is 0.0835. The minimum atomic E-state index is -3.60. The molecule has 2 rings (SSSR count). The van der Waals surface area contributed by atoms with Gasteiger partial charge in [0.05, 0.1) is 13.2 Å². The number of carbonyl (C=O) groups excluding carboxylic acids is 1. The number of phenols is 1. The summed E-state index contributed by atoms with van der Waals surface area (Å²) in [5.74, 6) is -0.624. The quantitative estimate of drug-likeness (QED) is 0.813. The summed E-state index contributed by atoms with van der Waals surface area (Å²) in [7, 11) is -1.95. The highest BCUT2D eigenvalue weighted by molar-refractivity contribution is 7.55. The molecule has 1 aliphatic heterocycles. The molecule has 0 aromatic heterocycles. The first-order chi connectivity index (χ1) is 10.4. The van der Waals surface area contributed by atoms with Crippen LogP contribution < -0.4 is 0 Å². The molecular formula is C15H22NO5P. The fourth-order valence-corrected chi connectivity index (χ4v) is 5.14. The van der Waals surface area contributed by atoms with Crippen LogP contribution >= 0.6 is 7.60 Å². The Bertz CT molecular complexity index is 581. The topological polar surface area (TPSA) is 76.1 Å². The second-order valence-electron chi connectivity index (χ2n) is 5.20. The monoisotopic (exact) mass is 327 g/mol. The van der Waals surface area contributed by atoms with Crippen molar-refractivity contribution in [2.75, 3.05) is 26.8 Å². The summed E-state index contributed by atoms with van der Waals surface area (Å²) in [6, 6.07) is 6.78. The van der Waals surface area contributed by atoms with Gasteiger partial charge < -0.3 is 19.1 Å². The molecule has 6 nitrogen and oxygen atoms in total. The van der Waals surface area contributed by atoms with E-state index in [0.29, 0.717) is 12.1 Å². The summed E-state index contributed by atoms with van der Waals surface area (Å²) in [6.45, 7) is 4.18. The molecule has 0 aliphatic carbocycles. The Labute approximate surface area is 130 Å². The Balaban J connectivity index is 2.47. The summed E-state index contributed by atoms with van der Waals surface area (Å²) in [6.07, 6.45) is 0. The van der Waals surface area contributed by atoms with Crippen molar-refractivity contribution < 1.29 is 23.5 Å². The molecule has 2 atom stereocenters. The Morgan fingerprint density at radius 1 is 1.27 bits per heavy atom. The van der Waals surface area contributed by atoms with Gasteiger partial charge in [0.15, 0.2) is 0 Å². The lowest BCUT2D eigenvalue weighted by Gasteiger charge is -2.26. The highest BCUT2D eigenvalue weighted by Crippen LogP contribution is 2.60. The van der Waals surface area contributed by atoms with Crippen molar-refractivity contribution in [3.05, 3.63) is 29.8 Å². The molecule has 1 aliphatic rings. The van der Waals surface area contributed by atoms with E-state index >= 15 is 0 Å². The number of rotatable bonds is 6. The number of nitrogens with zero attached hydrogens (tertiary/aromatic N) is 1. The van der Waals surface area contributed by atoms with E-state index in [0.717, 1.165) is 0 Å². The van der Waals surface area contributed by atoms with Crippen LogP contribution in [0.2, 0.25) is 0 Å². The van der Waals surface area contributed by atoms with Crippen molar-refractivity contribution in [1.82, 2.24) is 4.90 Å². The lowest BCUT2D eigenvalue weighted by atomic mass is 9.97. The van der Waals surface area contributed by atoms with E-state index in [1.54, 1.807) is 45.2 Å². The number of likely N-dealkylation sites (tertiary alicyclic amines) is 1. The number of carbonyl (C=O) groups is 1. The predicted molar refractivity (Wildman–Crippen MR) is 83.1 cm³/mol. The normalized spacial score (nSPS) is 22.3. The first-order valence-corrected chi connectivity index (χ1v) is 8.97. The second kappa shape index (κ2) is 6.82. The van der Waals surface area contributed by atoms with Crippen molar-refractivity contribution in [2.24, 2.45) is 0 Å². The summed E-state index contributed by atoms with van der Waals surface area (Å²) in [5, 5.41) is 10.1. The Kier molecular flexibility index (Phi) is 5.27. The van der Waals surface area contributed by atoms with Gasteiger partial charge in [0.1, 0.15) is 11.4 Å². The van der Waals surface area contributed by atoms with Gasteiger partial charge in [-0.15, -0.1) is 0 Å². The molecule has 0 spiro atoms. The summed E-state index contributed by atoms with van der Waals surface area (Å²) >= 11 is 0. The molecule has 1 heterocycles. The fourth-order valence-electron chi connectivity index (χ4n) is 2.87. The maximum atomic E-state index is 13.1. The molecule has 7 heteroatoms. The van der Waals surface area contributed by atoms with Crippen molar-refractivity contribution in [1.29, 1.82) is 0 Å². The molecule has 1 amide bonds. The van der Waals surface area contributed by atoms with Crippen molar-refractivity contribution in [3.63, 3.8) is 0 Å². The zero-order chi connectivity index (χ0) is 16.3. The van der Waals surface area contributed by atoms with Crippen molar-refractivity contribution >= 4 is 13.5 Å². The SMILES string of the molecule is CCOP(=O)(OCC)[C@H]1C(=O)N(C)C[C@@H]1c1ccccc1O. The predicted octanol–water partition coefficient (Wildman–Crippen LogP) is 2.58. The van der Waals surface area contributed by atoms with E-state index in [9.17, 15) is 14.5 Å². The van der Waals surface area contributed by atoms with Gasteiger partial charge in [-0.25, -0.2) is 0 Å². The molecule has 0 bridgehead atoms. The van der Waals surface area contributed by atoms with Crippen molar-refractivity contribution in [3.8, 4) is 5.75 Å². The number of aromatic hydroxyl groups is 1. The van der Waals surface area contributed by atoms with Gasteiger partial charge in [-0.2, -0.15) is 0 Å². The number of benzene rings is 1. The molecule has 22 heavy (non-hydrogen) atoms. The third-order valence-corrected chi connectivity index (χ3v) is 6.27. The van der Waals surface area contributed by atoms with E-state index < -0.39 is 19.2 Å². The first kappa shape index (κ1) is 17.0. The summed E-state index contributed by atoms with van der Waals surface area (Å²) in [5.41, 5.74) is -0.337. The molecule has 0 unspecified atom stereocenters. The molecule has 1 N–H and O–H groups in total. The molecular weight excluding hydrogens is 305 g/mol. The maximum absolute atomic E-state index is 13.1. The van der Waals surface area contributed by atoms with Crippen LogP contribution in [0.15, 0.2) is 24.3 Å². The van der Waals surface area contributed by atoms with Gasteiger partial charge in [-0.3, -0.25) is 9.36 Å². The maximum Gasteiger partial charge on any atom is 0.343 e. The zero-order valence-corrected chi connectivity index (χ0v) is 14.0. The van der Waals surface area contributed by atoms with Crippen LogP contribution in [0, 0.1) is 0 Å². The van der Waals surface area contributed by atoms with Gasteiger partial charge in [0.25, 0.3) is 0 Å². The summed E-state index contributed by atoms with van der Waals surface area (Å²) < 4.78 is 23.8. The Hall–Kier alpha value is -1.36. The largest absolute Gasteiger partial charge is 0.508 e. The molecule has 1 saturated heterocycles. The Morgan fingerprint density at radius 2 is 1.86 bits per heavy atom. The molecule has 1 aromatic carbocycles. The number of para-hydroxylation sites is 1. The average molecular weight is 327 g/mol. The zero-order valence-electron chi connectivity index (χ0n) is 13.1. The van der Waals surface area contributed by atoms with Crippen LogP contribution in [-0.2, 0) is 18.4 Å². The second-order valence-corrected chi connectivity index (χ2v) is 7.36. The highest BCUT2D eigenvalue weighted by atomic mass is 31.2. The van der Waals surface area contributed by atoms with E-state index in [-0.39, 0.29) is 24.9 Å². The van der Waals surface area contributed by atoms with Crippen LogP contribution in [0.3, 0.4) is 0 Å². The fraction of sp³-hybridized carbons (Fsp3) is 0.533. The van der Waals surface area contributed by atoms with Crippen LogP contribution in [-0.4, -0.2) is 48.4 Å². The third-order valence-electron chi connectivity index (χ3n) is 3.78. The molecule has 0 radical (unpaired) electrons. The number of amides is 1. The molecule has 1 fully saturated rings. The van der Waals surface area contributed by atoms with E-state index in [1.807, 2.05) is 0 Å². The number of phenolic OH excluding ortho intramolecular Hbond substituents is 1. The van der Waals surface area contributed by atoms with Crippen LogP contribution in [0.4, 0.5) is 0 Å². The van der Waals surface area contributed by atoms with E-state index in [4.69, 9.17) is 9.05 Å². The lowest BCUT2D eigenvalue weighted by Crippen LogP contribution is -2.28. The van der Waals surface area contributed by atoms with Crippen molar-refractivity contribution in [2.45, 2.75) is 25.4 Å². The smallest absolute Gasteiger partial charge is 0.343 e. The average Bonchev–Trinajstić information content (AvgIpc) is 2.76. The standard InChI is InChI=1S/C15H22NO5P/c1-4-20-22(19,21-5-2)14-12(10-16(3)15(14)18)11-8-6-7-9-13(11)17/h6-9,12,14,17H,4-5,10H2,1-3H3/t12-,14-/m1/s1. The molecule has 0 saturated carbocycles. The third kappa shape index (κ3) is 3.05. The van der Waals surface area contributed by atoms with E-state index in [1.165, 1.54) is 4.90 Å². The van der Waals surface area contributed by atoms with Gasteiger partial charge in [0.2, 0.25) is 5.91 Å². The molecule has 122 valence electrons. The summed E-state index contributed by atoms with van der Waals surface area (Å²) in [4.78, 5) is 14.0. The highest BCUT2D eigenvalue weighted by Gasteiger charge is 2.53. The van der Waals surface area contributed by atoms with Crippen LogP contribution in [0.25, 0.3) is 0 Å². The van der Waals surface area contributed by atoms with E-state index in [2.05, 4.69) is 0 Å². The lowest BCUT2D eigenvalue weighted by molar-refractivity contribution is -0.126. The van der Waals surface area contributed by atoms with Gasteiger partial charge in [0, 0.05) is 25.1 Å². The van der Waals surface area contributed by atoms with Crippen LogP contribution in [0.1, 0.15) is 25.3 Å². The van der Waals surface area contributed by atoms with Crippen LogP contribution in [0.5, 0.6) is 5.75 Å². The number of hydrogen-bond acceptors (Lipinski definition) is 5. The van der Waals surface area contributed by atoms with Gasteiger partial charge in [-0.05, 0) is 19.9 Å². The van der Waals surface area contributed by atoms with Gasteiger partial charge >= 0.3 is 7.60 Å². The van der Waals surface area contributed by atoms with Gasteiger partial charge in [-0.1, -0.05) is 18.2 Å². The number of hydrogen-bond donors (Lipinski definition) is 1. The molecule has 1 aromatic rings. The Morgan fingerprint density at radius 3 is 2.41 bits per heavy atom. The first-order valence-electron chi connectivity index (χ1n) is 7.36.